The molecular weight excluding hydrogens is 433 g/mol. The highest BCUT2D eigenvalue weighted by molar-refractivity contribution is 6.14. The number of fused-ring (bicyclic) bond motifs is 3. The highest BCUT2D eigenvalue weighted by Crippen LogP contribution is 2.38. The topological polar surface area (TPSA) is 63.6 Å². The van der Waals surface area contributed by atoms with Crippen LogP contribution in [-0.4, -0.2) is 35.1 Å². The summed E-state index contributed by atoms with van der Waals surface area (Å²) in [6.45, 7) is 1.94. The SMILES string of the molecule is COc1ccc2cc3n(c2c1)C[C@](C)(C(=O)NC1CCCCCC1)N(c1ccccc1F)C3=O. The molecule has 1 N–H and O–H groups in total. The molecule has 2 aliphatic rings. The average molecular weight is 464 g/mol. The molecule has 2 heterocycles. The fourth-order valence-electron chi connectivity index (χ4n) is 5.37. The predicted octanol–water partition coefficient (Wildman–Crippen LogP) is 5.05. The van der Waals surface area contributed by atoms with Gasteiger partial charge < -0.3 is 14.6 Å². The van der Waals surface area contributed by atoms with Gasteiger partial charge in [0, 0.05) is 17.5 Å². The van der Waals surface area contributed by atoms with Crippen LogP contribution in [0.2, 0.25) is 0 Å². The summed E-state index contributed by atoms with van der Waals surface area (Å²) in [5.41, 5.74) is 0.0314. The lowest BCUT2D eigenvalue weighted by Gasteiger charge is -2.44. The van der Waals surface area contributed by atoms with Gasteiger partial charge in [0.25, 0.3) is 5.91 Å². The van der Waals surface area contributed by atoms with Crippen LogP contribution in [0, 0.1) is 5.82 Å². The van der Waals surface area contributed by atoms with Gasteiger partial charge in [0.05, 0.1) is 24.9 Å². The lowest BCUT2D eigenvalue weighted by atomic mass is 9.92. The van der Waals surface area contributed by atoms with Crippen molar-refractivity contribution in [2.24, 2.45) is 0 Å². The van der Waals surface area contributed by atoms with Gasteiger partial charge in [-0.3, -0.25) is 14.5 Å². The molecule has 178 valence electrons. The van der Waals surface area contributed by atoms with Gasteiger partial charge in [0.1, 0.15) is 22.8 Å². The third-order valence-corrected chi connectivity index (χ3v) is 7.27. The van der Waals surface area contributed by atoms with Crippen LogP contribution in [0.3, 0.4) is 0 Å². The number of benzene rings is 2. The molecule has 3 aromatic rings. The summed E-state index contributed by atoms with van der Waals surface area (Å²) in [5.74, 6) is -0.519. The minimum absolute atomic E-state index is 0.0623. The summed E-state index contributed by atoms with van der Waals surface area (Å²) in [7, 11) is 1.59. The van der Waals surface area contributed by atoms with E-state index in [0.717, 1.165) is 36.6 Å². The Morgan fingerprint density at radius 3 is 2.53 bits per heavy atom. The monoisotopic (exact) mass is 463 g/mol. The highest BCUT2D eigenvalue weighted by atomic mass is 19.1. The third kappa shape index (κ3) is 3.73. The van der Waals surface area contributed by atoms with Crippen molar-refractivity contribution >= 4 is 28.4 Å². The van der Waals surface area contributed by atoms with Crippen LogP contribution in [0.5, 0.6) is 5.75 Å². The van der Waals surface area contributed by atoms with Crippen molar-refractivity contribution in [3.05, 3.63) is 60.0 Å². The van der Waals surface area contributed by atoms with Crippen LogP contribution in [-0.2, 0) is 11.3 Å². The number of halogens is 1. The molecule has 1 atom stereocenters. The molecule has 0 unspecified atom stereocenters. The number of aromatic nitrogens is 1. The molecular formula is C27H30FN3O3. The molecule has 1 aliphatic heterocycles. The molecule has 1 aromatic heterocycles. The van der Waals surface area contributed by atoms with E-state index in [-0.39, 0.29) is 24.2 Å². The van der Waals surface area contributed by atoms with Crippen molar-refractivity contribution in [3.8, 4) is 5.75 Å². The molecule has 6 nitrogen and oxygen atoms in total. The van der Waals surface area contributed by atoms with Crippen LogP contribution < -0.4 is 15.0 Å². The molecule has 0 radical (unpaired) electrons. The zero-order valence-corrected chi connectivity index (χ0v) is 19.6. The van der Waals surface area contributed by atoms with E-state index >= 15 is 0 Å². The molecule has 7 heteroatoms. The smallest absolute Gasteiger partial charge is 0.276 e. The first-order valence-corrected chi connectivity index (χ1v) is 12.0. The number of amides is 2. The number of carbonyl (C=O) groups is 2. The number of nitrogens with zero attached hydrogens (tertiary/aromatic N) is 2. The van der Waals surface area contributed by atoms with Gasteiger partial charge in [0.15, 0.2) is 0 Å². The number of anilines is 1. The second kappa shape index (κ2) is 8.78. The second-order valence-electron chi connectivity index (χ2n) is 9.57. The van der Waals surface area contributed by atoms with E-state index in [1.54, 1.807) is 38.3 Å². The van der Waals surface area contributed by atoms with Gasteiger partial charge in [-0.05, 0) is 50.1 Å². The zero-order valence-electron chi connectivity index (χ0n) is 19.6. The van der Waals surface area contributed by atoms with Gasteiger partial charge in [-0.2, -0.15) is 0 Å². The van der Waals surface area contributed by atoms with Crippen molar-refractivity contribution in [2.75, 3.05) is 12.0 Å². The number of hydrogen-bond acceptors (Lipinski definition) is 3. The largest absolute Gasteiger partial charge is 0.497 e. The predicted molar refractivity (Wildman–Crippen MR) is 130 cm³/mol. The molecule has 5 rings (SSSR count). The minimum atomic E-state index is -1.31. The molecule has 34 heavy (non-hydrogen) atoms. The quantitative estimate of drug-likeness (QED) is 0.551. The molecule has 0 saturated heterocycles. The first-order chi connectivity index (χ1) is 16.4. The molecule has 0 bridgehead atoms. The lowest BCUT2D eigenvalue weighted by Crippen LogP contribution is -2.65. The average Bonchev–Trinajstić information content (AvgIpc) is 2.99. The number of nitrogens with one attached hydrogen (secondary N) is 1. The van der Waals surface area contributed by atoms with E-state index in [9.17, 15) is 14.0 Å². The normalized spacial score (nSPS) is 21.3. The Labute approximate surface area is 198 Å². The number of para-hydroxylation sites is 1. The number of ether oxygens (including phenoxy) is 1. The number of methoxy groups -OCH3 is 1. The maximum atomic E-state index is 15.0. The van der Waals surface area contributed by atoms with Crippen LogP contribution in [0.15, 0.2) is 48.5 Å². The number of hydrogen-bond donors (Lipinski definition) is 1. The Balaban J connectivity index is 1.62. The van der Waals surface area contributed by atoms with Gasteiger partial charge >= 0.3 is 0 Å². The molecule has 2 aromatic carbocycles. The Morgan fingerprint density at radius 2 is 1.82 bits per heavy atom. The molecule has 1 fully saturated rings. The maximum absolute atomic E-state index is 15.0. The number of rotatable bonds is 4. The molecule has 0 spiro atoms. The molecule has 1 aliphatic carbocycles. The summed E-state index contributed by atoms with van der Waals surface area (Å²) < 4.78 is 22.3. The summed E-state index contributed by atoms with van der Waals surface area (Å²) in [6.07, 6.45) is 6.33. The second-order valence-corrected chi connectivity index (χ2v) is 9.57. The van der Waals surface area contributed by atoms with Gasteiger partial charge in [-0.15, -0.1) is 0 Å². The summed E-state index contributed by atoms with van der Waals surface area (Å²) >= 11 is 0. The third-order valence-electron chi connectivity index (χ3n) is 7.27. The van der Waals surface area contributed by atoms with Crippen molar-refractivity contribution in [3.63, 3.8) is 0 Å². The van der Waals surface area contributed by atoms with E-state index in [4.69, 9.17) is 4.74 Å². The Bertz CT molecular complexity index is 1250. The highest BCUT2D eigenvalue weighted by Gasteiger charge is 2.49. The summed E-state index contributed by atoms with van der Waals surface area (Å²) in [6, 6.07) is 13.6. The molecule has 1 saturated carbocycles. The maximum Gasteiger partial charge on any atom is 0.276 e. The Hall–Kier alpha value is -3.35. The van der Waals surface area contributed by atoms with E-state index in [1.165, 1.54) is 23.8 Å². The number of carbonyl (C=O) groups excluding carboxylic acids is 2. The van der Waals surface area contributed by atoms with E-state index in [2.05, 4.69) is 5.32 Å². The van der Waals surface area contributed by atoms with Crippen LogP contribution in [0.4, 0.5) is 10.1 Å². The fraction of sp³-hybridized carbons (Fsp3) is 0.407. The van der Waals surface area contributed by atoms with Crippen LogP contribution in [0.25, 0.3) is 10.9 Å². The minimum Gasteiger partial charge on any atom is -0.497 e. The first-order valence-electron chi connectivity index (χ1n) is 12.0. The van der Waals surface area contributed by atoms with Gasteiger partial charge in [0.2, 0.25) is 5.91 Å². The van der Waals surface area contributed by atoms with Gasteiger partial charge in [-0.1, -0.05) is 37.8 Å². The van der Waals surface area contributed by atoms with Crippen molar-refractivity contribution in [1.82, 2.24) is 9.88 Å². The lowest BCUT2D eigenvalue weighted by molar-refractivity contribution is -0.127. The molecule has 2 amide bonds. The van der Waals surface area contributed by atoms with Crippen LogP contribution >= 0.6 is 0 Å². The van der Waals surface area contributed by atoms with Crippen LogP contribution in [0.1, 0.15) is 55.9 Å². The first kappa shape index (κ1) is 22.4. The standard InChI is InChI=1S/C27H30FN3O3/c1-27(26(33)29-19-9-5-3-4-6-10-19)17-30-23-16-20(34-2)14-13-18(23)15-24(30)25(32)31(27)22-12-8-7-11-21(22)28/h7-8,11-16,19H,3-6,9-10,17H2,1-2H3,(H,29,33)/t27-/m1/s1. The Morgan fingerprint density at radius 1 is 1.09 bits per heavy atom. The van der Waals surface area contributed by atoms with E-state index in [0.29, 0.717) is 11.4 Å². The van der Waals surface area contributed by atoms with Gasteiger partial charge in [-0.25, -0.2) is 4.39 Å². The Kier molecular flexibility index (Phi) is 5.80. The van der Waals surface area contributed by atoms with Crippen molar-refractivity contribution in [2.45, 2.75) is 63.6 Å². The van der Waals surface area contributed by atoms with Crippen molar-refractivity contribution in [1.29, 1.82) is 0 Å². The van der Waals surface area contributed by atoms with E-state index < -0.39 is 17.3 Å². The summed E-state index contributed by atoms with van der Waals surface area (Å²) in [4.78, 5) is 29.1. The van der Waals surface area contributed by atoms with Crippen molar-refractivity contribution < 1.29 is 18.7 Å². The summed E-state index contributed by atoms with van der Waals surface area (Å²) in [5, 5.41) is 4.08. The van der Waals surface area contributed by atoms with E-state index in [1.807, 2.05) is 22.8 Å². The fourth-order valence-corrected chi connectivity index (χ4v) is 5.37. The zero-order chi connectivity index (χ0) is 23.9.